The van der Waals surface area contributed by atoms with E-state index in [0.29, 0.717) is 4.32 Å². The normalized spacial score (nSPS) is 30.4. The van der Waals surface area contributed by atoms with Gasteiger partial charge in [0.05, 0.1) is 15.6 Å². The third-order valence-electron chi connectivity index (χ3n) is 3.94. The van der Waals surface area contributed by atoms with Crippen LogP contribution in [0.3, 0.4) is 0 Å². The first-order valence-corrected chi connectivity index (χ1v) is 10.6. The van der Waals surface area contributed by atoms with Crippen LogP contribution >= 0.6 is 47.8 Å². The maximum Gasteiger partial charge on any atom is 0.0969 e. The van der Waals surface area contributed by atoms with Crippen molar-refractivity contribution in [3.63, 3.8) is 0 Å². The first kappa shape index (κ1) is 13.7. The topological polar surface area (TPSA) is 0 Å². The van der Waals surface area contributed by atoms with E-state index in [1.807, 2.05) is 0 Å². The Morgan fingerprint density at radius 1 is 1.00 bits per heavy atom. The molecular formula is C10H19Br3Si. The van der Waals surface area contributed by atoms with Crippen molar-refractivity contribution in [3.05, 3.63) is 0 Å². The molecule has 0 aromatic heterocycles. The molecule has 0 amide bonds. The van der Waals surface area contributed by atoms with Gasteiger partial charge in [-0.15, -0.1) is 0 Å². The molecule has 0 aliphatic heterocycles. The summed E-state index contributed by atoms with van der Waals surface area (Å²) in [6, 6.07) is 5.66. The molecule has 1 rings (SSSR count). The summed E-state index contributed by atoms with van der Waals surface area (Å²) >= 11 is 11.4. The van der Waals surface area contributed by atoms with Crippen molar-refractivity contribution in [1.82, 2.24) is 0 Å². The van der Waals surface area contributed by atoms with Gasteiger partial charge in [-0.25, -0.2) is 0 Å². The summed E-state index contributed by atoms with van der Waals surface area (Å²) in [6.45, 7) is 7.13. The second kappa shape index (κ2) is 4.50. The molecule has 1 aliphatic rings. The molecule has 0 spiro atoms. The van der Waals surface area contributed by atoms with E-state index in [2.05, 4.69) is 68.6 Å². The van der Waals surface area contributed by atoms with Gasteiger partial charge in [-0.2, -0.15) is 0 Å². The summed E-state index contributed by atoms with van der Waals surface area (Å²) in [5.74, 6) is 0. The fourth-order valence-corrected chi connectivity index (χ4v) is 10.8. The highest BCUT2D eigenvalue weighted by molar-refractivity contribution is 9.26. The Bertz CT molecular complexity index is 205. The van der Waals surface area contributed by atoms with Crippen molar-refractivity contribution in [2.75, 3.05) is 0 Å². The summed E-state index contributed by atoms with van der Waals surface area (Å²) < 4.78 is 0.527. The van der Waals surface area contributed by atoms with E-state index in [1.165, 1.54) is 30.6 Å². The standard InChI is InChI=1S/C10H19Br3Si/c1-4-14(5-2,6-3)8-9(11)7-10(9,12)13/h4-8H2,1-3H3. The van der Waals surface area contributed by atoms with Crippen molar-refractivity contribution >= 4 is 55.9 Å². The van der Waals surface area contributed by atoms with E-state index < -0.39 is 8.07 Å². The van der Waals surface area contributed by atoms with Crippen LogP contribution in [0.1, 0.15) is 27.2 Å². The van der Waals surface area contributed by atoms with Crippen LogP contribution in [0.25, 0.3) is 0 Å². The van der Waals surface area contributed by atoms with Gasteiger partial charge in [0.1, 0.15) is 0 Å². The van der Waals surface area contributed by atoms with Crippen LogP contribution in [0, 0.1) is 0 Å². The number of halogens is 3. The molecule has 1 fully saturated rings. The molecule has 0 nitrogen and oxygen atoms in total. The first-order valence-electron chi connectivity index (χ1n) is 5.41. The number of hydrogen-bond donors (Lipinski definition) is 0. The van der Waals surface area contributed by atoms with E-state index in [0.717, 1.165) is 0 Å². The number of rotatable bonds is 5. The molecular weight excluding hydrogens is 388 g/mol. The highest BCUT2D eigenvalue weighted by atomic mass is 79.9. The minimum atomic E-state index is -0.986. The van der Waals surface area contributed by atoms with Crippen LogP contribution in [0.4, 0.5) is 0 Å². The van der Waals surface area contributed by atoms with Crippen LogP contribution < -0.4 is 0 Å². The maximum absolute atomic E-state index is 3.91. The van der Waals surface area contributed by atoms with Gasteiger partial charge in [0.2, 0.25) is 0 Å². The quantitative estimate of drug-likeness (QED) is 0.416. The molecule has 4 heteroatoms. The zero-order valence-electron chi connectivity index (χ0n) is 9.17. The van der Waals surface area contributed by atoms with Crippen LogP contribution in [-0.4, -0.2) is 15.6 Å². The molecule has 0 bridgehead atoms. The smallest absolute Gasteiger partial charge is 0.0831 e. The van der Waals surface area contributed by atoms with Crippen molar-refractivity contribution in [2.45, 2.75) is 58.9 Å². The SMILES string of the molecule is CC[Si](CC)(CC)CC1(Br)CC1(Br)Br. The highest BCUT2D eigenvalue weighted by Crippen LogP contribution is 2.68. The van der Waals surface area contributed by atoms with Gasteiger partial charge in [0.15, 0.2) is 0 Å². The van der Waals surface area contributed by atoms with E-state index in [9.17, 15) is 0 Å². The predicted octanol–water partition coefficient (Wildman–Crippen LogP) is 5.52. The fraction of sp³-hybridized carbons (Fsp3) is 1.00. The molecule has 0 aromatic rings. The molecule has 0 aromatic carbocycles. The molecule has 1 saturated carbocycles. The van der Waals surface area contributed by atoms with Crippen molar-refractivity contribution in [3.8, 4) is 0 Å². The molecule has 14 heavy (non-hydrogen) atoms. The predicted molar refractivity (Wildman–Crippen MR) is 78.9 cm³/mol. The zero-order valence-corrected chi connectivity index (χ0v) is 14.9. The van der Waals surface area contributed by atoms with Crippen molar-refractivity contribution < 1.29 is 0 Å². The zero-order chi connectivity index (χ0) is 11.0. The fourth-order valence-electron chi connectivity index (χ4n) is 2.22. The molecule has 84 valence electrons. The van der Waals surface area contributed by atoms with E-state index in [1.54, 1.807) is 0 Å². The van der Waals surface area contributed by atoms with Crippen molar-refractivity contribution in [1.29, 1.82) is 0 Å². The van der Waals surface area contributed by atoms with Gasteiger partial charge in [0, 0.05) is 0 Å². The largest absolute Gasteiger partial charge is 0.0969 e. The Morgan fingerprint density at radius 3 is 1.57 bits per heavy atom. The Labute approximate surface area is 114 Å². The number of hydrogen-bond acceptors (Lipinski definition) is 0. The van der Waals surface area contributed by atoms with Crippen LogP contribution in [0.15, 0.2) is 0 Å². The lowest BCUT2D eigenvalue weighted by Crippen LogP contribution is -2.36. The lowest BCUT2D eigenvalue weighted by molar-refractivity contribution is 0.979. The molecule has 1 unspecified atom stereocenters. The second-order valence-corrected chi connectivity index (χ2v) is 15.3. The third-order valence-corrected chi connectivity index (χ3v) is 14.7. The minimum absolute atomic E-state index is 0.185. The van der Waals surface area contributed by atoms with E-state index >= 15 is 0 Å². The van der Waals surface area contributed by atoms with Gasteiger partial charge >= 0.3 is 0 Å². The first-order chi connectivity index (χ1) is 6.35. The molecule has 1 aliphatic carbocycles. The lowest BCUT2D eigenvalue weighted by atomic mass is 10.5. The van der Waals surface area contributed by atoms with Crippen LogP contribution in [0.5, 0.6) is 0 Å². The average molecular weight is 407 g/mol. The number of alkyl halides is 3. The van der Waals surface area contributed by atoms with E-state index in [4.69, 9.17) is 0 Å². The maximum atomic E-state index is 3.91. The van der Waals surface area contributed by atoms with Gasteiger partial charge in [-0.1, -0.05) is 86.7 Å². The Balaban J connectivity index is 2.67. The summed E-state index contributed by atoms with van der Waals surface area (Å²) in [6.07, 6.45) is 1.22. The molecule has 1 atom stereocenters. The molecule has 0 radical (unpaired) electrons. The summed E-state index contributed by atoms with van der Waals surface area (Å²) in [5.41, 5.74) is 0. The lowest BCUT2D eigenvalue weighted by Gasteiger charge is -2.31. The second-order valence-electron chi connectivity index (χ2n) is 4.58. The summed E-state index contributed by atoms with van der Waals surface area (Å²) in [5, 5.41) is 0. The Hall–Kier alpha value is 1.66. The van der Waals surface area contributed by atoms with E-state index in [-0.39, 0.29) is 3.23 Å². The van der Waals surface area contributed by atoms with Crippen LogP contribution in [-0.2, 0) is 0 Å². The van der Waals surface area contributed by atoms with Crippen LogP contribution in [0.2, 0.25) is 24.2 Å². The minimum Gasteiger partial charge on any atom is -0.0831 e. The Morgan fingerprint density at radius 2 is 1.36 bits per heavy atom. The summed E-state index contributed by atoms with van der Waals surface area (Å²) in [4.78, 5) is 0. The molecule has 0 N–H and O–H groups in total. The summed E-state index contributed by atoms with van der Waals surface area (Å²) in [7, 11) is -0.986. The van der Waals surface area contributed by atoms with Gasteiger partial charge < -0.3 is 0 Å². The van der Waals surface area contributed by atoms with Gasteiger partial charge in [0.25, 0.3) is 0 Å². The highest BCUT2D eigenvalue weighted by Gasteiger charge is 2.65. The molecule has 0 heterocycles. The van der Waals surface area contributed by atoms with Gasteiger partial charge in [-0.3, -0.25) is 0 Å². The molecule has 0 saturated heterocycles. The van der Waals surface area contributed by atoms with Crippen molar-refractivity contribution in [2.24, 2.45) is 0 Å². The monoisotopic (exact) mass is 404 g/mol. The van der Waals surface area contributed by atoms with Gasteiger partial charge in [-0.05, 0) is 12.5 Å². The average Bonchev–Trinajstić information content (AvgIpc) is 2.62. The Kier molecular flexibility index (Phi) is 4.41. The third kappa shape index (κ3) is 2.49.